The van der Waals surface area contributed by atoms with Gasteiger partial charge < -0.3 is 0 Å². The third-order valence-corrected chi connectivity index (χ3v) is 2.56. The number of hydrogen-bond donors (Lipinski definition) is 0. The number of rotatable bonds is 1. The lowest BCUT2D eigenvalue weighted by atomic mass is 10.1. The van der Waals surface area contributed by atoms with Crippen molar-refractivity contribution in [1.82, 2.24) is 3.11 Å². The lowest BCUT2D eigenvalue weighted by molar-refractivity contribution is -0.131. The largest absolute Gasteiger partial charge is 0.274 e. The van der Waals surface area contributed by atoms with E-state index in [-0.39, 0.29) is 17.7 Å². The molecule has 1 unspecified atom stereocenters. The highest BCUT2D eigenvalue weighted by Crippen LogP contribution is 2.23. The van der Waals surface area contributed by atoms with Crippen molar-refractivity contribution < 1.29 is 9.59 Å². The van der Waals surface area contributed by atoms with E-state index in [1.807, 2.05) is 6.92 Å². The first-order valence-corrected chi connectivity index (χ1v) is 4.28. The number of allylic oxidation sites excluding steroid dienone is 1. The van der Waals surface area contributed by atoms with Crippen molar-refractivity contribution in [3.05, 3.63) is 12.2 Å². The van der Waals surface area contributed by atoms with Gasteiger partial charge in [-0.25, -0.2) is 3.11 Å². The molecule has 0 radical (unpaired) electrons. The molecule has 1 heterocycles. The molecule has 0 aromatic carbocycles. The Labute approximate surface area is 78.9 Å². The second-order valence-electron chi connectivity index (χ2n) is 2.35. The van der Waals surface area contributed by atoms with Crippen LogP contribution in [0.3, 0.4) is 0 Å². The zero-order chi connectivity index (χ0) is 8.43. The van der Waals surface area contributed by atoms with Gasteiger partial charge in [-0.3, -0.25) is 9.59 Å². The molecule has 0 aliphatic carbocycles. The predicted molar refractivity (Wildman–Crippen MR) is 48.8 cm³/mol. The first kappa shape index (κ1) is 8.70. The zero-order valence-electron chi connectivity index (χ0n) is 6.08. The summed E-state index contributed by atoms with van der Waals surface area (Å²) in [5.74, 6) is -0.420. The smallest absolute Gasteiger partial charge is 0.245 e. The zero-order valence-corrected chi connectivity index (χ0v) is 8.24. The summed E-state index contributed by atoms with van der Waals surface area (Å²) in [6, 6.07) is 0. The monoisotopic (exact) mass is 265 g/mol. The van der Waals surface area contributed by atoms with E-state index >= 15 is 0 Å². The Bertz CT molecular complexity index is 224. The molecule has 60 valence electrons. The van der Waals surface area contributed by atoms with E-state index in [9.17, 15) is 9.59 Å². The minimum absolute atomic E-state index is 0.0984. The molecule has 0 bridgehead atoms. The van der Waals surface area contributed by atoms with Crippen molar-refractivity contribution in [2.24, 2.45) is 5.92 Å². The minimum Gasteiger partial charge on any atom is -0.274 e. The summed E-state index contributed by atoms with van der Waals surface area (Å²) < 4.78 is 1.16. The van der Waals surface area contributed by atoms with Crippen molar-refractivity contribution >= 4 is 34.7 Å². The van der Waals surface area contributed by atoms with Crippen LogP contribution in [0.1, 0.15) is 13.3 Å². The van der Waals surface area contributed by atoms with Gasteiger partial charge >= 0.3 is 0 Å². The summed E-state index contributed by atoms with van der Waals surface area (Å²) in [5, 5.41) is 0. The number of carbonyl (C=O) groups excluding carboxylic acids is 2. The van der Waals surface area contributed by atoms with Gasteiger partial charge in [0.2, 0.25) is 11.8 Å². The molecule has 11 heavy (non-hydrogen) atoms. The lowest BCUT2D eigenvalue weighted by Gasteiger charge is -2.00. The van der Waals surface area contributed by atoms with Gasteiger partial charge in [-0.2, -0.15) is 0 Å². The molecule has 0 aromatic rings. The third-order valence-electron chi connectivity index (χ3n) is 1.55. The Morgan fingerprint density at radius 2 is 2.27 bits per heavy atom. The maximum atomic E-state index is 11.2. The number of nitrogens with zero attached hydrogens (tertiary/aromatic N) is 1. The van der Waals surface area contributed by atoms with Crippen molar-refractivity contribution in [3.8, 4) is 0 Å². The molecule has 1 atom stereocenters. The van der Waals surface area contributed by atoms with Crippen LogP contribution in [0.2, 0.25) is 0 Å². The quantitative estimate of drug-likeness (QED) is 0.310. The number of carbonyl (C=O) groups is 2. The summed E-state index contributed by atoms with van der Waals surface area (Å²) in [4.78, 5) is 22.1. The molecule has 4 heteroatoms. The van der Waals surface area contributed by atoms with Gasteiger partial charge in [0.25, 0.3) is 0 Å². The topological polar surface area (TPSA) is 37.4 Å². The summed E-state index contributed by atoms with van der Waals surface area (Å²) in [6.07, 6.45) is 3.89. The van der Waals surface area contributed by atoms with Crippen LogP contribution in [-0.2, 0) is 9.59 Å². The van der Waals surface area contributed by atoms with Crippen LogP contribution in [-0.4, -0.2) is 14.9 Å². The highest BCUT2D eigenvalue weighted by Gasteiger charge is 2.35. The number of amides is 2. The van der Waals surface area contributed by atoms with Gasteiger partial charge in [0.05, 0.1) is 28.8 Å². The first-order chi connectivity index (χ1) is 5.16. The lowest BCUT2D eigenvalue weighted by Crippen LogP contribution is -2.18. The van der Waals surface area contributed by atoms with Crippen molar-refractivity contribution in [1.29, 1.82) is 0 Å². The molecule has 1 fully saturated rings. The average molecular weight is 265 g/mol. The van der Waals surface area contributed by atoms with Crippen LogP contribution in [0.25, 0.3) is 0 Å². The van der Waals surface area contributed by atoms with Gasteiger partial charge in [0.15, 0.2) is 0 Å². The van der Waals surface area contributed by atoms with E-state index in [1.54, 1.807) is 35.0 Å². The Hall–Kier alpha value is -0.390. The number of hydrogen-bond acceptors (Lipinski definition) is 2. The van der Waals surface area contributed by atoms with E-state index in [1.165, 1.54) is 0 Å². The van der Waals surface area contributed by atoms with Crippen molar-refractivity contribution in [2.45, 2.75) is 13.3 Å². The molecule has 0 N–H and O–H groups in total. The van der Waals surface area contributed by atoms with Crippen LogP contribution in [0.15, 0.2) is 12.2 Å². The van der Waals surface area contributed by atoms with E-state index in [0.717, 1.165) is 3.11 Å². The molecule has 1 aliphatic rings. The highest BCUT2D eigenvalue weighted by molar-refractivity contribution is 14.1. The van der Waals surface area contributed by atoms with E-state index in [0.29, 0.717) is 6.42 Å². The standard InChI is InChI=1S/C7H8INO2/c1-2-3-5-4-6(10)9(8)7(5)11/h2-3,5H,4H2,1H3/b3-2+. The van der Waals surface area contributed by atoms with Crippen LogP contribution in [0.4, 0.5) is 0 Å². The highest BCUT2D eigenvalue weighted by atomic mass is 127. The summed E-state index contributed by atoms with van der Waals surface area (Å²) >= 11 is 1.74. The summed E-state index contributed by atoms with van der Waals surface area (Å²) in [6.45, 7) is 1.84. The molecular weight excluding hydrogens is 257 g/mol. The molecule has 2 amide bonds. The SMILES string of the molecule is C/C=C/C1CC(=O)N(I)C1=O. The van der Waals surface area contributed by atoms with Crippen molar-refractivity contribution in [2.75, 3.05) is 0 Å². The fourth-order valence-corrected chi connectivity index (χ4v) is 1.56. The van der Waals surface area contributed by atoms with E-state index in [4.69, 9.17) is 0 Å². The molecule has 1 aliphatic heterocycles. The third kappa shape index (κ3) is 1.61. The second-order valence-corrected chi connectivity index (χ2v) is 3.31. The first-order valence-electron chi connectivity index (χ1n) is 3.32. The predicted octanol–water partition coefficient (Wildman–Crippen LogP) is 1.29. The fraction of sp³-hybridized carbons (Fsp3) is 0.429. The molecule has 1 rings (SSSR count). The molecule has 3 nitrogen and oxygen atoms in total. The Morgan fingerprint density at radius 1 is 1.64 bits per heavy atom. The Balaban J connectivity index is 2.75. The van der Waals surface area contributed by atoms with Gasteiger partial charge in [0, 0.05) is 6.42 Å². The van der Waals surface area contributed by atoms with Crippen LogP contribution >= 0.6 is 22.9 Å². The van der Waals surface area contributed by atoms with Gasteiger partial charge in [-0.1, -0.05) is 12.2 Å². The number of imide groups is 1. The minimum atomic E-state index is -0.218. The summed E-state index contributed by atoms with van der Waals surface area (Å²) in [5.41, 5.74) is 0. The summed E-state index contributed by atoms with van der Waals surface area (Å²) in [7, 11) is 0. The molecular formula is C7H8INO2. The average Bonchev–Trinajstić information content (AvgIpc) is 2.19. The van der Waals surface area contributed by atoms with Crippen LogP contribution < -0.4 is 0 Å². The normalized spacial score (nSPS) is 25.6. The van der Waals surface area contributed by atoms with Gasteiger partial charge in [0.1, 0.15) is 0 Å². The number of halogens is 1. The van der Waals surface area contributed by atoms with Crippen molar-refractivity contribution in [3.63, 3.8) is 0 Å². The molecule has 0 aromatic heterocycles. The van der Waals surface area contributed by atoms with Crippen LogP contribution in [0, 0.1) is 5.92 Å². The Morgan fingerprint density at radius 3 is 2.64 bits per heavy atom. The molecule has 1 saturated heterocycles. The second kappa shape index (κ2) is 3.34. The maximum Gasteiger partial charge on any atom is 0.245 e. The Kier molecular flexibility index (Phi) is 2.64. The molecule has 0 spiro atoms. The van der Waals surface area contributed by atoms with E-state index < -0.39 is 0 Å². The fourth-order valence-electron chi connectivity index (χ4n) is 1.01. The van der Waals surface area contributed by atoms with Crippen LogP contribution in [0.5, 0.6) is 0 Å². The van der Waals surface area contributed by atoms with E-state index in [2.05, 4.69) is 0 Å². The maximum absolute atomic E-state index is 11.2. The molecule has 0 saturated carbocycles. The van der Waals surface area contributed by atoms with Gasteiger partial charge in [-0.05, 0) is 6.92 Å². The van der Waals surface area contributed by atoms with Gasteiger partial charge in [-0.15, -0.1) is 0 Å².